The van der Waals surface area contributed by atoms with Crippen molar-refractivity contribution in [3.05, 3.63) is 11.9 Å². The molecule has 1 amide bonds. The summed E-state index contributed by atoms with van der Waals surface area (Å²) in [6.45, 7) is 2.62. The lowest BCUT2D eigenvalue weighted by Gasteiger charge is -2.24. The minimum atomic E-state index is -0.00579. The Bertz CT molecular complexity index is 407. The summed E-state index contributed by atoms with van der Waals surface area (Å²) in [5.74, 6) is -0.00579. The number of hydrogen-bond donors (Lipinski definition) is 1. The molecule has 94 valence electrons. The van der Waals surface area contributed by atoms with Crippen molar-refractivity contribution < 1.29 is 4.79 Å². The Morgan fingerprint density at radius 1 is 1.59 bits per heavy atom. The molecule has 1 fully saturated rings. The van der Waals surface area contributed by atoms with Gasteiger partial charge in [0.25, 0.3) is 5.91 Å². The minimum Gasteiger partial charge on any atom is -0.396 e. The first-order valence-electron chi connectivity index (χ1n) is 6.23. The van der Waals surface area contributed by atoms with E-state index < -0.39 is 0 Å². The molecule has 0 atom stereocenters. The molecule has 0 radical (unpaired) electrons. The summed E-state index contributed by atoms with van der Waals surface area (Å²) in [5, 5.41) is 4.11. The predicted octanol–water partition coefficient (Wildman–Crippen LogP) is 1.50. The average Bonchev–Trinajstić information content (AvgIpc) is 2.96. The third kappa shape index (κ3) is 2.14. The predicted molar refractivity (Wildman–Crippen MR) is 66.7 cm³/mol. The van der Waals surface area contributed by atoms with Gasteiger partial charge in [-0.25, -0.2) is 0 Å². The molecule has 1 heterocycles. The van der Waals surface area contributed by atoms with Crippen LogP contribution < -0.4 is 5.73 Å². The highest BCUT2D eigenvalue weighted by molar-refractivity contribution is 5.97. The van der Waals surface area contributed by atoms with E-state index in [-0.39, 0.29) is 5.91 Å². The smallest absolute Gasteiger partial charge is 0.274 e. The topological polar surface area (TPSA) is 64.2 Å². The van der Waals surface area contributed by atoms with E-state index in [2.05, 4.69) is 5.10 Å². The molecule has 1 aliphatic rings. The van der Waals surface area contributed by atoms with Gasteiger partial charge < -0.3 is 10.6 Å². The highest BCUT2D eigenvalue weighted by Gasteiger charge is 2.27. The number of carbonyl (C=O) groups excluding carboxylic acids is 1. The highest BCUT2D eigenvalue weighted by Crippen LogP contribution is 2.24. The molecule has 2 N–H and O–H groups in total. The van der Waals surface area contributed by atoms with Gasteiger partial charge in [-0.05, 0) is 19.8 Å². The minimum absolute atomic E-state index is 0.00579. The van der Waals surface area contributed by atoms with Crippen LogP contribution in [0, 0.1) is 0 Å². The first-order valence-corrected chi connectivity index (χ1v) is 6.23. The molecular weight excluding hydrogens is 216 g/mol. The SMILES string of the molecule is CCn1ncc(N)c1C(=O)N(C)C1CCCC1. The van der Waals surface area contributed by atoms with E-state index in [0.29, 0.717) is 24.0 Å². The Morgan fingerprint density at radius 3 is 2.82 bits per heavy atom. The summed E-state index contributed by atoms with van der Waals surface area (Å²) in [4.78, 5) is 14.2. The number of nitrogen functional groups attached to an aromatic ring is 1. The van der Waals surface area contributed by atoms with E-state index in [1.165, 1.54) is 12.8 Å². The number of nitrogens with zero attached hydrogens (tertiary/aromatic N) is 3. The van der Waals surface area contributed by atoms with E-state index in [9.17, 15) is 4.79 Å². The van der Waals surface area contributed by atoms with Crippen LogP contribution >= 0.6 is 0 Å². The lowest BCUT2D eigenvalue weighted by Crippen LogP contribution is -2.36. The fraction of sp³-hybridized carbons (Fsp3) is 0.667. The van der Waals surface area contributed by atoms with Crippen LogP contribution in [-0.4, -0.2) is 33.7 Å². The van der Waals surface area contributed by atoms with Gasteiger partial charge in [-0.3, -0.25) is 9.48 Å². The van der Waals surface area contributed by atoms with Crippen LogP contribution in [0.2, 0.25) is 0 Å². The van der Waals surface area contributed by atoms with Gasteiger partial charge in [0.2, 0.25) is 0 Å². The molecule has 5 heteroatoms. The summed E-state index contributed by atoms with van der Waals surface area (Å²) in [6.07, 6.45) is 6.18. The van der Waals surface area contributed by atoms with Gasteiger partial charge in [-0.1, -0.05) is 12.8 Å². The molecule has 1 aliphatic carbocycles. The molecule has 1 aromatic heterocycles. The average molecular weight is 236 g/mol. The van der Waals surface area contributed by atoms with Crippen LogP contribution in [0.4, 0.5) is 5.69 Å². The molecule has 0 bridgehead atoms. The van der Waals surface area contributed by atoms with Crippen molar-refractivity contribution in [1.29, 1.82) is 0 Å². The van der Waals surface area contributed by atoms with E-state index in [0.717, 1.165) is 12.8 Å². The normalized spacial score (nSPS) is 16.4. The Morgan fingerprint density at radius 2 is 2.24 bits per heavy atom. The number of anilines is 1. The summed E-state index contributed by atoms with van der Waals surface area (Å²) in [5.41, 5.74) is 6.83. The third-order valence-corrected chi connectivity index (χ3v) is 3.56. The van der Waals surface area contributed by atoms with Crippen LogP contribution in [0.25, 0.3) is 0 Å². The lowest BCUT2D eigenvalue weighted by molar-refractivity contribution is 0.0723. The van der Waals surface area contributed by atoms with Crippen molar-refractivity contribution in [3.8, 4) is 0 Å². The Labute approximate surface area is 102 Å². The van der Waals surface area contributed by atoms with Crippen molar-refractivity contribution in [2.24, 2.45) is 0 Å². The number of aromatic nitrogens is 2. The van der Waals surface area contributed by atoms with Crippen molar-refractivity contribution in [3.63, 3.8) is 0 Å². The van der Waals surface area contributed by atoms with Gasteiger partial charge in [-0.15, -0.1) is 0 Å². The van der Waals surface area contributed by atoms with Crippen LogP contribution in [0.5, 0.6) is 0 Å². The number of amides is 1. The van der Waals surface area contributed by atoms with Gasteiger partial charge in [0.05, 0.1) is 11.9 Å². The second-order valence-corrected chi connectivity index (χ2v) is 4.62. The second kappa shape index (κ2) is 4.77. The molecule has 2 rings (SSSR count). The number of rotatable bonds is 3. The maximum absolute atomic E-state index is 12.4. The van der Waals surface area contributed by atoms with E-state index in [4.69, 9.17) is 5.73 Å². The third-order valence-electron chi connectivity index (χ3n) is 3.56. The summed E-state index contributed by atoms with van der Waals surface area (Å²) >= 11 is 0. The van der Waals surface area contributed by atoms with Gasteiger partial charge in [-0.2, -0.15) is 5.10 Å². The molecule has 0 aromatic carbocycles. The van der Waals surface area contributed by atoms with Crippen molar-refractivity contribution in [2.75, 3.05) is 12.8 Å². The maximum Gasteiger partial charge on any atom is 0.274 e. The molecule has 17 heavy (non-hydrogen) atoms. The van der Waals surface area contributed by atoms with Crippen LogP contribution in [0.1, 0.15) is 43.1 Å². The number of nitrogens with two attached hydrogens (primary N) is 1. The van der Waals surface area contributed by atoms with E-state index in [1.807, 2.05) is 18.9 Å². The fourth-order valence-corrected chi connectivity index (χ4v) is 2.50. The van der Waals surface area contributed by atoms with Gasteiger partial charge in [0.15, 0.2) is 0 Å². The van der Waals surface area contributed by atoms with Gasteiger partial charge >= 0.3 is 0 Å². The zero-order chi connectivity index (χ0) is 12.4. The Hall–Kier alpha value is -1.52. The molecule has 0 unspecified atom stereocenters. The van der Waals surface area contributed by atoms with E-state index in [1.54, 1.807) is 10.9 Å². The standard InChI is InChI=1S/C12H20N4O/c1-3-16-11(10(13)8-14-16)12(17)15(2)9-6-4-5-7-9/h8-9H,3-7,13H2,1-2H3. The summed E-state index contributed by atoms with van der Waals surface area (Å²) in [7, 11) is 1.87. The Kier molecular flexibility index (Phi) is 3.36. The fourth-order valence-electron chi connectivity index (χ4n) is 2.50. The zero-order valence-electron chi connectivity index (χ0n) is 10.5. The van der Waals surface area contributed by atoms with Crippen LogP contribution in [0.3, 0.4) is 0 Å². The molecule has 5 nitrogen and oxygen atoms in total. The molecule has 1 aromatic rings. The maximum atomic E-state index is 12.4. The summed E-state index contributed by atoms with van der Waals surface area (Å²) in [6, 6.07) is 0.363. The summed E-state index contributed by atoms with van der Waals surface area (Å²) < 4.78 is 1.67. The van der Waals surface area contributed by atoms with Gasteiger partial charge in [0.1, 0.15) is 5.69 Å². The zero-order valence-corrected chi connectivity index (χ0v) is 10.5. The van der Waals surface area contributed by atoms with E-state index >= 15 is 0 Å². The monoisotopic (exact) mass is 236 g/mol. The van der Waals surface area contributed by atoms with Crippen molar-refractivity contribution in [2.45, 2.75) is 45.2 Å². The molecule has 0 spiro atoms. The molecular formula is C12H20N4O. The molecule has 1 saturated carbocycles. The molecule has 0 saturated heterocycles. The Balaban J connectivity index is 2.20. The molecule has 0 aliphatic heterocycles. The highest BCUT2D eigenvalue weighted by atomic mass is 16.2. The van der Waals surface area contributed by atoms with Crippen molar-refractivity contribution in [1.82, 2.24) is 14.7 Å². The van der Waals surface area contributed by atoms with Crippen molar-refractivity contribution >= 4 is 11.6 Å². The first-order chi connectivity index (χ1) is 8.15. The second-order valence-electron chi connectivity index (χ2n) is 4.62. The number of carbonyl (C=O) groups is 1. The first kappa shape index (κ1) is 12.0. The van der Waals surface area contributed by atoms with Crippen LogP contribution in [0.15, 0.2) is 6.20 Å². The van der Waals surface area contributed by atoms with Crippen LogP contribution in [-0.2, 0) is 6.54 Å². The number of aryl methyl sites for hydroxylation is 1. The lowest BCUT2D eigenvalue weighted by atomic mass is 10.2. The van der Waals surface area contributed by atoms with Gasteiger partial charge in [0, 0.05) is 19.6 Å². The quantitative estimate of drug-likeness (QED) is 0.865. The largest absolute Gasteiger partial charge is 0.396 e. The number of hydrogen-bond acceptors (Lipinski definition) is 3.